The van der Waals surface area contributed by atoms with Crippen LogP contribution in [0.25, 0.3) is 0 Å². The van der Waals surface area contributed by atoms with E-state index in [4.69, 9.17) is 0 Å². The van der Waals surface area contributed by atoms with Crippen molar-refractivity contribution in [2.45, 2.75) is 13.0 Å². The summed E-state index contributed by atoms with van der Waals surface area (Å²) in [6.45, 7) is 3.48. The van der Waals surface area contributed by atoms with Gasteiger partial charge < -0.3 is 4.90 Å². The van der Waals surface area contributed by atoms with Crippen LogP contribution in [0.15, 0.2) is 42.5 Å². The van der Waals surface area contributed by atoms with Crippen molar-refractivity contribution < 1.29 is 18.8 Å². The van der Waals surface area contributed by atoms with Crippen molar-refractivity contribution in [3.63, 3.8) is 0 Å². The SMILES string of the molecule is CN1C(=O)c2ccc(C(=O)N3CCCN(Cc4ccc(F)cc4)CC3)cc2C1=O. The largest absolute Gasteiger partial charge is 0.337 e. The van der Waals surface area contributed by atoms with Gasteiger partial charge in [0.25, 0.3) is 17.7 Å². The highest BCUT2D eigenvalue weighted by molar-refractivity contribution is 6.21. The molecule has 2 aromatic rings. The second-order valence-corrected chi connectivity index (χ2v) is 7.48. The van der Waals surface area contributed by atoms with Crippen molar-refractivity contribution in [2.75, 3.05) is 33.2 Å². The number of hydrogen-bond donors (Lipinski definition) is 0. The molecule has 4 rings (SSSR count). The maximum atomic E-state index is 13.1. The topological polar surface area (TPSA) is 60.9 Å². The van der Waals surface area contributed by atoms with Crippen LogP contribution in [0.1, 0.15) is 43.1 Å². The number of imide groups is 1. The second kappa shape index (κ2) is 7.75. The van der Waals surface area contributed by atoms with E-state index in [2.05, 4.69) is 4.90 Å². The number of hydrogen-bond acceptors (Lipinski definition) is 4. The van der Waals surface area contributed by atoms with Crippen molar-refractivity contribution in [2.24, 2.45) is 0 Å². The van der Waals surface area contributed by atoms with E-state index in [-0.39, 0.29) is 29.1 Å². The number of fused-ring (bicyclic) bond motifs is 1. The highest BCUT2D eigenvalue weighted by Crippen LogP contribution is 2.23. The first kappa shape index (κ1) is 19.3. The van der Waals surface area contributed by atoms with E-state index in [1.165, 1.54) is 25.2 Å². The summed E-state index contributed by atoms with van der Waals surface area (Å²) in [5.74, 6) is -1.09. The lowest BCUT2D eigenvalue weighted by Gasteiger charge is -2.22. The third-order valence-electron chi connectivity index (χ3n) is 5.53. The van der Waals surface area contributed by atoms with Crippen LogP contribution < -0.4 is 0 Å². The third kappa shape index (κ3) is 3.78. The molecule has 1 fully saturated rings. The minimum Gasteiger partial charge on any atom is -0.337 e. The summed E-state index contributed by atoms with van der Waals surface area (Å²) in [6.07, 6.45) is 0.831. The number of halogens is 1. The predicted molar refractivity (Wildman–Crippen MR) is 105 cm³/mol. The zero-order chi connectivity index (χ0) is 20.5. The fraction of sp³-hybridized carbons (Fsp3) is 0.318. The van der Waals surface area contributed by atoms with Gasteiger partial charge in [-0.05, 0) is 42.3 Å². The Morgan fingerprint density at radius 1 is 0.931 bits per heavy atom. The molecule has 2 aliphatic rings. The molecule has 2 aromatic carbocycles. The third-order valence-corrected chi connectivity index (χ3v) is 5.53. The maximum absolute atomic E-state index is 13.1. The number of carbonyl (C=O) groups excluding carboxylic acids is 3. The van der Waals surface area contributed by atoms with Gasteiger partial charge in [0.05, 0.1) is 11.1 Å². The highest BCUT2D eigenvalue weighted by Gasteiger charge is 2.33. The Bertz CT molecular complexity index is 974. The number of rotatable bonds is 3. The molecule has 150 valence electrons. The molecule has 2 aliphatic heterocycles. The van der Waals surface area contributed by atoms with Gasteiger partial charge in [0.1, 0.15) is 5.82 Å². The monoisotopic (exact) mass is 395 g/mol. The van der Waals surface area contributed by atoms with Gasteiger partial charge in [0, 0.05) is 45.3 Å². The first-order valence-electron chi connectivity index (χ1n) is 9.66. The number of nitrogens with zero attached hydrogens (tertiary/aromatic N) is 3. The Morgan fingerprint density at radius 3 is 2.41 bits per heavy atom. The molecule has 6 nitrogen and oxygen atoms in total. The standard InChI is InChI=1S/C22H22FN3O3/c1-24-21(28)18-8-5-16(13-19(18)22(24)29)20(27)26-10-2-9-25(11-12-26)14-15-3-6-17(23)7-4-15/h3-8,13H,2,9-12,14H2,1H3. The molecule has 0 aromatic heterocycles. The van der Waals surface area contributed by atoms with Crippen molar-refractivity contribution in [3.8, 4) is 0 Å². The molecule has 1 saturated heterocycles. The fourth-order valence-corrected chi connectivity index (χ4v) is 3.86. The van der Waals surface area contributed by atoms with Gasteiger partial charge in [-0.3, -0.25) is 24.2 Å². The first-order chi connectivity index (χ1) is 13.9. The highest BCUT2D eigenvalue weighted by atomic mass is 19.1. The molecule has 2 heterocycles. The number of amides is 3. The lowest BCUT2D eigenvalue weighted by molar-refractivity contribution is 0.0692. The molecule has 0 bridgehead atoms. The lowest BCUT2D eigenvalue weighted by Crippen LogP contribution is -2.35. The molecule has 0 radical (unpaired) electrons. The Hall–Kier alpha value is -3.06. The van der Waals surface area contributed by atoms with Crippen molar-refractivity contribution in [1.82, 2.24) is 14.7 Å². The van der Waals surface area contributed by atoms with E-state index in [0.717, 1.165) is 23.4 Å². The number of carbonyl (C=O) groups is 3. The molecule has 0 unspecified atom stereocenters. The zero-order valence-corrected chi connectivity index (χ0v) is 16.2. The second-order valence-electron chi connectivity index (χ2n) is 7.48. The summed E-state index contributed by atoms with van der Waals surface area (Å²) in [5.41, 5.74) is 2.09. The molecule has 29 heavy (non-hydrogen) atoms. The van der Waals surface area contributed by atoms with Gasteiger partial charge >= 0.3 is 0 Å². The van der Waals surface area contributed by atoms with Gasteiger partial charge in [0.2, 0.25) is 0 Å². The van der Waals surface area contributed by atoms with Gasteiger partial charge in [-0.2, -0.15) is 0 Å². The van der Waals surface area contributed by atoms with E-state index in [9.17, 15) is 18.8 Å². The van der Waals surface area contributed by atoms with Crippen LogP contribution in [0.3, 0.4) is 0 Å². The van der Waals surface area contributed by atoms with Crippen molar-refractivity contribution in [3.05, 3.63) is 70.5 Å². The average Bonchev–Trinajstić information content (AvgIpc) is 2.89. The van der Waals surface area contributed by atoms with Crippen LogP contribution in [0.2, 0.25) is 0 Å². The number of benzene rings is 2. The quantitative estimate of drug-likeness (QED) is 0.749. The summed E-state index contributed by atoms with van der Waals surface area (Å²) in [4.78, 5) is 42.3. The van der Waals surface area contributed by atoms with E-state index in [0.29, 0.717) is 37.3 Å². The minimum atomic E-state index is -0.374. The lowest BCUT2D eigenvalue weighted by atomic mass is 10.0. The van der Waals surface area contributed by atoms with Crippen LogP contribution in [0.4, 0.5) is 4.39 Å². The molecular formula is C22H22FN3O3. The smallest absolute Gasteiger partial charge is 0.261 e. The maximum Gasteiger partial charge on any atom is 0.261 e. The average molecular weight is 395 g/mol. The van der Waals surface area contributed by atoms with Gasteiger partial charge in [-0.15, -0.1) is 0 Å². The van der Waals surface area contributed by atoms with Crippen LogP contribution in [-0.2, 0) is 6.54 Å². The van der Waals surface area contributed by atoms with Crippen LogP contribution >= 0.6 is 0 Å². The summed E-state index contributed by atoms with van der Waals surface area (Å²) in [5, 5.41) is 0. The Balaban J connectivity index is 1.43. The summed E-state index contributed by atoms with van der Waals surface area (Å²) in [7, 11) is 1.44. The zero-order valence-electron chi connectivity index (χ0n) is 16.2. The normalized spacial score (nSPS) is 17.4. The van der Waals surface area contributed by atoms with Gasteiger partial charge in [-0.1, -0.05) is 12.1 Å². The Labute approximate surface area is 168 Å². The molecule has 3 amide bonds. The van der Waals surface area contributed by atoms with Crippen molar-refractivity contribution in [1.29, 1.82) is 0 Å². The first-order valence-corrected chi connectivity index (χ1v) is 9.66. The van der Waals surface area contributed by atoms with Crippen molar-refractivity contribution >= 4 is 17.7 Å². The van der Waals surface area contributed by atoms with Gasteiger partial charge in [-0.25, -0.2) is 4.39 Å². The van der Waals surface area contributed by atoms with Crippen LogP contribution in [0.5, 0.6) is 0 Å². The Morgan fingerprint density at radius 2 is 1.66 bits per heavy atom. The molecule has 0 aliphatic carbocycles. The van der Waals surface area contributed by atoms with E-state index in [1.54, 1.807) is 29.2 Å². The van der Waals surface area contributed by atoms with Crippen LogP contribution in [0, 0.1) is 5.82 Å². The van der Waals surface area contributed by atoms with E-state index >= 15 is 0 Å². The Kier molecular flexibility index (Phi) is 5.15. The fourth-order valence-electron chi connectivity index (χ4n) is 3.86. The van der Waals surface area contributed by atoms with E-state index in [1.807, 2.05) is 0 Å². The molecular weight excluding hydrogens is 373 g/mol. The molecule has 0 N–H and O–H groups in total. The summed E-state index contributed by atoms with van der Waals surface area (Å²) in [6, 6.07) is 11.2. The summed E-state index contributed by atoms with van der Waals surface area (Å²) >= 11 is 0. The predicted octanol–water partition coefficient (Wildman–Crippen LogP) is 2.40. The van der Waals surface area contributed by atoms with E-state index < -0.39 is 0 Å². The molecule has 0 saturated carbocycles. The molecule has 7 heteroatoms. The molecule has 0 atom stereocenters. The summed E-state index contributed by atoms with van der Waals surface area (Å²) < 4.78 is 13.1. The minimum absolute atomic E-state index is 0.133. The molecule has 0 spiro atoms. The van der Waals surface area contributed by atoms with Crippen LogP contribution in [-0.4, -0.2) is 65.6 Å². The van der Waals surface area contributed by atoms with Gasteiger partial charge in [0.15, 0.2) is 0 Å².